The Morgan fingerprint density at radius 2 is 1.80 bits per heavy atom. The van der Waals surface area contributed by atoms with Gasteiger partial charge in [0.15, 0.2) is 0 Å². The molecule has 3 nitrogen and oxygen atoms in total. The number of likely N-dealkylation sites (tertiary alicyclic amines) is 2. The summed E-state index contributed by atoms with van der Waals surface area (Å²) >= 11 is 0. The van der Waals surface area contributed by atoms with Crippen LogP contribution in [-0.2, 0) is 4.74 Å². The van der Waals surface area contributed by atoms with Gasteiger partial charge in [0.2, 0.25) is 0 Å². The van der Waals surface area contributed by atoms with Gasteiger partial charge in [-0.2, -0.15) is 0 Å². The lowest BCUT2D eigenvalue weighted by Gasteiger charge is -2.41. The third-order valence-corrected chi connectivity index (χ3v) is 3.93. The second-order valence-electron chi connectivity index (χ2n) is 5.03. The number of rotatable bonds is 2. The Morgan fingerprint density at radius 3 is 2.40 bits per heavy atom. The van der Waals surface area contributed by atoms with Gasteiger partial charge < -0.3 is 9.64 Å². The van der Waals surface area contributed by atoms with Gasteiger partial charge in [-0.25, -0.2) is 0 Å². The molecule has 0 aromatic rings. The fourth-order valence-electron chi connectivity index (χ4n) is 2.91. The highest BCUT2D eigenvalue weighted by molar-refractivity contribution is 4.83. The molecule has 2 rings (SSSR count). The third kappa shape index (κ3) is 2.92. The van der Waals surface area contributed by atoms with Gasteiger partial charge in [0.1, 0.15) is 0 Å². The molecule has 1 atom stereocenters. The number of methoxy groups -OCH3 is 1. The molecule has 0 bridgehead atoms. The Morgan fingerprint density at radius 1 is 1.07 bits per heavy atom. The minimum atomic E-state index is 0.516. The molecule has 0 N–H and O–H groups in total. The predicted octanol–water partition coefficient (Wildman–Crippen LogP) is 1.19. The lowest BCUT2D eigenvalue weighted by Crippen LogP contribution is -2.50. The fraction of sp³-hybridized carbons (Fsp3) is 1.00. The first-order chi connectivity index (χ1) is 7.29. The normalized spacial score (nSPS) is 32.0. The van der Waals surface area contributed by atoms with E-state index in [-0.39, 0.29) is 0 Å². The van der Waals surface area contributed by atoms with Gasteiger partial charge in [-0.15, -0.1) is 0 Å². The molecule has 2 heterocycles. The molecule has 0 amide bonds. The quantitative estimate of drug-likeness (QED) is 0.684. The van der Waals surface area contributed by atoms with Crippen molar-refractivity contribution in [1.29, 1.82) is 0 Å². The smallest absolute Gasteiger partial charge is 0.0595 e. The predicted molar refractivity (Wildman–Crippen MR) is 62.1 cm³/mol. The van der Waals surface area contributed by atoms with Crippen LogP contribution in [0.4, 0.5) is 0 Å². The summed E-state index contributed by atoms with van der Waals surface area (Å²) in [5, 5.41) is 0. The van der Waals surface area contributed by atoms with Gasteiger partial charge in [-0.1, -0.05) is 0 Å². The van der Waals surface area contributed by atoms with Crippen LogP contribution in [0.5, 0.6) is 0 Å². The van der Waals surface area contributed by atoms with Crippen LogP contribution in [0.1, 0.15) is 25.7 Å². The first-order valence-electron chi connectivity index (χ1n) is 6.25. The largest absolute Gasteiger partial charge is 0.381 e. The maximum absolute atomic E-state index is 5.41. The van der Waals surface area contributed by atoms with Gasteiger partial charge in [0.05, 0.1) is 6.10 Å². The van der Waals surface area contributed by atoms with E-state index in [1.54, 1.807) is 0 Å². The summed E-state index contributed by atoms with van der Waals surface area (Å²) in [5.41, 5.74) is 0. The molecule has 2 fully saturated rings. The standard InChI is InChI=1S/C12H24N2O/c1-13-7-3-4-11(10-13)14-8-5-12(15-2)6-9-14/h11-12H,3-10H2,1-2H3/t11-/m0/s1. The highest BCUT2D eigenvalue weighted by Crippen LogP contribution is 2.20. The summed E-state index contributed by atoms with van der Waals surface area (Å²) in [5.74, 6) is 0. The zero-order chi connectivity index (χ0) is 10.7. The van der Waals surface area contributed by atoms with Crippen LogP contribution in [0.3, 0.4) is 0 Å². The third-order valence-electron chi connectivity index (χ3n) is 3.93. The molecule has 0 saturated carbocycles. The Balaban J connectivity index is 1.79. The molecule has 2 aliphatic rings. The molecule has 15 heavy (non-hydrogen) atoms. The van der Waals surface area contributed by atoms with Gasteiger partial charge in [-0.3, -0.25) is 4.90 Å². The average molecular weight is 212 g/mol. The van der Waals surface area contributed by atoms with Crippen LogP contribution in [0.25, 0.3) is 0 Å². The van der Waals surface area contributed by atoms with Crippen molar-refractivity contribution in [2.24, 2.45) is 0 Å². The zero-order valence-corrected chi connectivity index (χ0v) is 10.1. The second-order valence-corrected chi connectivity index (χ2v) is 5.03. The van der Waals surface area contributed by atoms with E-state index in [9.17, 15) is 0 Å². The van der Waals surface area contributed by atoms with Crippen LogP contribution in [0.2, 0.25) is 0 Å². The molecule has 2 saturated heterocycles. The van der Waals surface area contributed by atoms with Gasteiger partial charge >= 0.3 is 0 Å². The molecule has 0 unspecified atom stereocenters. The fourth-order valence-corrected chi connectivity index (χ4v) is 2.91. The molecule has 88 valence electrons. The Hall–Kier alpha value is -0.120. The zero-order valence-electron chi connectivity index (χ0n) is 10.1. The van der Waals surface area contributed by atoms with Crippen LogP contribution in [0, 0.1) is 0 Å². The molecule has 0 aliphatic carbocycles. The van der Waals surface area contributed by atoms with Crippen molar-refractivity contribution in [1.82, 2.24) is 9.80 Å². The first kappa shape index (κ1) is 11.4. The van der Waals surface area contributed by atoms with Crippen molar-refractivity contribution < 1.29 is 4.74 Å². The van der Waals surface area contributed by atoms with E-state index < -0.39 is 0 Å². The van der Waals surface area contributed by atoms with Gasteiger partial charge in [0.25, 0.3) is 0 Å². The number of piperidine rings is 2. The summed E-state index contributed by atoms with van der Waals surface area (Å²) < 4.78 is 5.41. The van der Waals surface area contributed by atoms with Crippen LogP contribution in [-0.4, -0.2) is 62.3 Å². The highest BCUT2D eigenvalue weighted by Gasteiger charge is 2.27. The maximum atomic E-state index is 5.41. The van der Waals surface area contributed by atoms with E-state index in [0.717, 1.165) is 6.04 Å². The molecule has 2 aliphatic heterocycles. The molecule has 3 heteroatoms. The minimum Gasteiger partial charge on any atom is -0.381 e. The van der Waals surface area contributed by atoms with E-state index in [0.29, 0.717) is 6.10 Å². The first-order valence-corrected chi connectivity index (χ1v) is 6.25. The van der Waals surface area contributed by atoms with Crippen molar-refractivity contribution in [3.63, 3.8) is 0 Å². The number of hydrogen-bond acceptors (Lipinski definition) is 3. The number of ether oxygens (including phenoxy) is 1. The van der Waals surface area contributed by atoms with Crippen LogP contribution >= 0.6 is 0 Å². The van der Waals surface area contributed by atoms with Crippen molar-refractivity contribution in [2.45, 2.75) is 37.8 Å². The van der Waals surface area contributed by atoms with Crippen LogP contribution in [0.15, 0.2) is 0 Å². The summed E-state index contributed by atoms with van der Waals surface area (Å²) in [7, 11) is 4.09. The minimum absolute atomic E-state index is 0.516. The van der Waals surface area contributed by atoms with Crippen molar-refractivity contribution in [3.8, 4) is 0 Å². The Labute approximate surface area is 93.4 Å². The van der Waals surface area contributed by atoms with E-state index in [4.69, 9.17) is 4.74 Å². The number of likely N-dealkylation sites (N-methyl/N-ethyl adjacent to an activating group) is 1. The van der Waals surface area contributed by atoms with E-state index in [1.165, 1.54) is 51.9 Å². The summed E-state index contributed by atoms with van der Waals surface area (Å²) in [6.45, 7) is 5.01. The van der Waals surface area contributed by atoms with E-state index in [1.807, 2.05) is 7.11 Å². The van der Waals surface area contributed by atoms with E-state index in [2.05, 4.69) is 16.8 Å². The van der Waals surface area contributed by atoms with Gasteiger partial charge in [-0.05, 0) is 39.3 Å². The van der Waals surface area contributed by atoms with Crippen LogP contribution < -0.4 is 0 Å². The Bertz CT molecular complexity index is 190. The highest BCUT2D eigenvalue weighted by atomic mass is 16.5. The van der Waals surface area contributed by atoms with E-state index >= 15 is 0 Å². The lowest BCUT2D eigenvalue weighted by molar-refractivity contribution is 0.0140. The SMILES string of the molecule is COC1CCN([C@H]2CCCN(C)C2)CC1. The summed E-state index contributed by atoms with van der Waals surface area (Å²) in [6, 6.07) is 0.807. The second kappa shape index (κ2) is 5.28. The molecule has 0 spiro atoms. The molecular weight excluding hydrogens is 188 g/mol. The van der Waals surface area contributed by atoms with Gasteiger partial charge in [0, 0.05) is 32.8 Å². The topological polar surface area (TPSA) is 15.7 Å². The monoisotopic (exact) mass is 212 g/mol. The molecular formula is C12H24N2O. The van der Waals surface area contributed by atoms with Crippen molar-refractivity contribution in [3.05, 3.63) is 0 Å². The molecule has 0 aromatic heterocycles. The molecule has 0 radical (unpaired) electrons. The molecule has 0 aromatic carbocycles. The maximum Gasteiger partial charge on any atom is 0.0595 e. The summed E-state index contributed by atoms with van der Waals surface area (Å²) in [6.07, 6.45) is 5.71. The number of hydrogen-bond donors (Lipinski definition) is 0. The summed E-state index contributed by atoms with van der Waals surface area (Å²) in [4.78, 5) is 5.14. The van der Waals surface area contributed by atoms with Crippen molar-refractivity contribution in [2.75, 3.05) is 40.3 Å². The van der Waals surface area contributed by atoms with Crippen molar-refractivity contribution >= 4 is 0 Å². The number of nitrogens with zero attached hydrogens (tertiary/aromatic N) is 2. The lowest BCUT2D eigenvalue weighted by atomic mass is 10.00. The average Bonchev–Trinajstić information content (AvgIpc) is 2.29. The Kier molecular flexibility index (Phi) is 4.00.